The third-order valence-corrected chi connectivity index (χ3v) is 5.40. The molecule has 0 saturated carbocycles. The van der Waals surface area contributed by atoms with E-state index in [1.807, 2.05) is 11.4 Å². The van der Waals surface area contributed by atoms with Gasteiger partial charge in [-0.2, -0.15) is 0 Å². The zero-order valence-corrected chi connectivity index (χ0v) is 13.7. The first-order chi connectivity index (χ1) is 11.0. The van der Waals surface area contributed by atoms with Crippen molar-refractivity contribution >= 4 is 27.6 Å². The molecule has 2 aliphatic rings. The molecule has 4 rings (SSSR count). The van der Waals surface area contributed by atoms with Gasteiger partial charge in [-0.3, -0.25) is 9.69 Å². The number of thiophene rings is 1. The predicted octanol–water partition coefficient (Wildman–Crippen LogP) is 1.40. The Labute approximate surface area is 136 Å². The molecule has 0 aliphatic carbocycles. The minimum Gasteiger partial charge on any atom is -0.440 e. The predicted molar refractivity (Wildman–Crippen MR) is 86.6 cm³/mol. The van der Waals surface area contributed by atoms with Gasteiger partial charge < -0.3 is 14.6 Å². The van der Waals surface area contributed by atoms with Crippen LogP contribution in [-0.4, -0.2) is 58.1 Å². The number of H-pyrrole nitrogens is 1. The van der Waals surface area contributed by atoms with E-state index in [0.717, 1.165) is 24.9 Å². The van der Waals surface area contributed by atoms with Crippen molar-refractivity contribution in [3.05, 3.63) is 27.6 Å². The van der Waals surface area contributed by atoms with Crippen molar-refractivity contribution in [2.75, 3.05) is 26.7 Å². The van der Waals surface area contributed by atoms with Crippen LogP contribution in [0.4, 0.5) is 4.79 Å². The van der Waals surface area contributed by atoms with Gasteiger partial charge >= 0.3 is 6.09 Å². The summed E-state index contributed by atoms with van der Waals surface area (Å²) in [4.78, 5) is 35.0. The van der Waals surface area contributed by atoms with E-state index in [1.54, 1.807) is 11.9 Å². The van der Waals surface area contributed by atoms with Gasteiger partial charge in [0.2, 0.25) is 0 Å². The average Bonchev–Trinajstić information content (AvgIpc) is 3.05. The third-order valence-electron chi connectivity index (χ3n) is 4.50. The number of likely N-dealkylation sites (N-methyl/N-ethyl adjacent to an activating group) is 1. The number of nitrogens with one attached hydrogen (secondary N) is 1. The molecule has 0 radical (unpaired) electrons. The molecule has 4 heterocycles. The van der Waals surface area contributed by atoms with Gasteiger partial charge in [-0.15, -0.1) is 11.3 Å². The molecule has 2 fully saturated rings. The van der Waals surface area contributed by atoms with E-state index in [1.165, 1.54) is 11.3 Å². The molecule has 7 nitrogen and oxygen atoms in total. The van der Waals surface area contributed by atoms with Crippen LogP contribution in [0.1, 0.15) is 18.7 Å². The number of likely N-dealkylation sites (tertiary alicyclic amines) is 1. The minimum atomic E-state index is -0.420. The second-order valence-corrected chi connectivity index (χ2v) is 7.28. The van der Waals surface area contributed by atoms with E-state index in [-0.39, 0.29) is 11.7 Å². The zero-order valence-electron chi connectivity index (χ0n) is 12.9. The number of piperidine rings is 1. The molecule has 122 valence electrons. The molecule has 0 bridgehead atoms. The second kappa shape index (κ2) is 5.31. The Balaban J connectivity index is 1.54. The molecule has 1 spiro atoms. The molecule has 8 heteroatoms. The number of aromatic nitrogens is 2. The van der Waals surface area contributed by atoms with Crippen molar-refractivity contribution in [3.63, 3.8) is 0 Å². The minimum absolute atomic E-state index is 0.0845. The van der Waals surface area contributed by atoms with Crippen molar-refractivity contribution in [1.29, 1.82) is 0 Å². The van der Waals surface area contributed by atoms with E-state index in [4.69, 9.17) is 4.74 Å². The van der Waals surface area contributed by atoms with Crippen LogP contribution in [0.2, 0.25) is 0 Å². The smallest absolute Gasteiger partial charge is 0.410 e. The number of carbonyl (C=O) groups is 1. The highest BCUT2D eigenvalue weighted by Crippen LogP contribution is 2.31. The number of ether oxygens (including phenoxy) is 1. The summed E-state index contributed by atoms with van der Waals surface area (Å²) in [6.45, 7) is 2.77. The fraction of sp³-hybridized carbons (Fsp3) is 0.533. The van der Waals surface area contributed by atoms with Crippen molar-refractivity contribution in [2.45, 2.75) is 25.0 Å². The molecule has 0 aromatic carbocycles. The van der Waals surface area contributed by atoms with Crippen LogP contribution in [-0.2, 0) is 11.3 Å². The summed E-state index contributed by atoms with van der Waals surface area (Å²) in [6.07, 6.45) is 1.59. The van der Waals surface area contributed by atoms with Crippen LogP contribution >= 0.6 is 11.3 Å². The molecule has 1 unspecified atom stereocenters. The Kier molecular flexibility index (Phi) is 3.38. The Morgan fingerprint density at radius 1 is 1.43 bits per heavy atom. The molecule has 2 aliphatic heterocycles. The van der Waals surface area contributed by atoms with Gasteiger partial charge in [-0.25, -0.2) is 9.78 Å². The molecule has 23 heavy (non-hydrogen) atoms. The lowest BCUT2D eigenvalue weighted by Crippen LogP contribution is -2.50. The number of amides is 1. The van der Waals surface area contributed by atoms with Crippen molar-refractivity contribution in [2.24, 2.45) is 0 Å². The highest BCUT2D eigenvalue weighted by molar-refractivity contribution is 7.17. The van der Waals surface area contributed by atoms with E-state index < -0.39 is 5.60 Å². The van der Waals surface area contributed by atoms with Gasteiger partial charge in [0.25, 0.3) is 5.56 Å². The second-order valence-electron chi connectivity index (χ2n) is 6.37. The number of hydrogen-bond donors (Lipinski definition) is 1. The van der Waals surface area contributed by atoms with Gasteiger partial charge in [-0.1, -0.05) is 0 Å². The topological polar surface area (TPSA) is 78.5 Å². The molecule has 1 atom stereocenters. The van der Waals surface area contributed by atoms with Gasteiger partial charge in [0.1, 0.15) is 16.1 Å². The van der Waals surface area contributed by atoms with Gasteiger partial charge in [0, 0.05) is 13.6 Å². The normalized spacial score (nSPS) is 25.4. The highest BCUT2D eigenvalue weighted by Gasteiger charge is 2.46. The van der Waals surface area contributed by atoms with E-state index in [2.05, 4.69) is 14.9 Å². The van der Waals surface area contributed by atoms with E-state index in [0.29, 0.717) is 30.2 Å². The third kappa shape index (κ3) is 2.61. The molecule has 1 amide bonds. The maximum absolute atomic E-state index is 12.1. The maximum atomic E-state index is 12.1. The first-order valence-electron chi connectivity index (χ1n) is 7.68. The molecular formula is C15H18N4O3S. The largest absolute Gasteiger partial charge is 0.440 e. The summed E-state index contributed by atoms with van der Waals surface area (Å²) < 4.78 is 6.27. The molecule has 1 N–H and O–H groups in total. The summed E-state index contributed by atoms with van der Waals surface area (Å²) in [7, 11) is 1.76. The van der Waals surface area contributed by atoms with Crippen LogP contribution in [0.25, 0.3) is 10.2 Å². The molecule has 2 aromatic heterocycles. The summed E-state index contributed by atoms with van der Waals surface area (Å²) in [5.41, 5.74) is 0.239. The van der Waals surface area contributed by atoms with Gasteiger partial charge in [0.15, 0.2) is 0 Å². The van der Waals surface area contributed by atoms with Crippen molar-refractivity contribution < 1.29 is 9.53 Å². The number of nitrogens with zero attached hydrogens (tertiary/aromatic N) is 3. The van der Waals surface area contributed by atoms with Crippen LogP contribution in [0, 0.1) is 0 Å². The lowest BCUT2D eigenvalue weighted by Gasteiger charge is -2.38. The standard InChI is InChI=1S/C15H18N4O3S/c1-18-8-15(22-14(18)21)4-2-5-19(9-15)7-11-16-10-3-6-23-12(10)13(20)17-11/h3,6H,2,4-5,7-9H2,1H3,(H,16,17,20). The Morgan fingerprint density at radius 2 is 2.30 bits per heavy atom. The number of carbonyl (C=O) groups excluding carboxylic acids is 1. The average molecular weight is 334 g/mol. The van der Waals surface area contributed by atoms with Crippen LogP contribution < -0.4 is 5.56 Å². The Hall–Kier alpha value is -1.93. The quantitative estimate of drug-likeness (QED) is 0.898. The molecular weight excluding hydrogens is 316 g/mol. The number of rotatable bonds is 2. The summed E-state index contributed by atoms with van der Waals surface area (Å²) in [5.74, 6) is 0.663. The lowest BCUT2D eigenvalue weighted by atomic mass is 9.93. The molecule has 2 saturated heterocycles. The number of aromatic amines is 1. The van der Waals surface area contributed by atoms with Gasteiger partial charge in [-0.05, 0) is 30.8 Å². The fourth-order valence-corrected chi connectivity index (χ4v) is 4.26. The SMILES string of the molecule is CN1CC2(CCCN(Cc3nc4ccsc4c(=O)[nH]3)C2)OC1=O. The van der Waals surface area contributed by atoms with Crippen LogP contribution in [0.5, 0.6) is 0 Å². The molecule has 2 aromatic rings. The zero-order chi connectivity index (χ0) is 16.0. The van der Waals surface area contributed by atoms with Crippen LogP contribution in [0.15, 0.2) is 16.2 Å². The summed E-state index contributed by atoms with van der Waals surface area (Å²) >= 11 is 1.40. The maximum Gasteiger partial charge on any atom is 0.410 e. The number of hydrogen-bond acceptors (Lipinski definition) is 6. The number of fused-ring (bicyclic) bond motifs is 1. The first-order valence-corrected chi connectivity index (χ1v) is 8.56. The first kappa shape index (κ1) is 14.6. The van der Waals surface area contributed by atoms with E-state index in [9.17, 15) is 9.59 Å². The Morgan fingerprint density at radius 3 is 3.09 bits per heavy atom. The summed E-state index contributed by atoms with van der Waals surface area (Å²) in [6, 6.07) is 1.87. The van der Waals surface area contributed by atoms with Crippen molar-refractivity contribution in [1.82, 2.24) is 19.8 Å². The van der Waals surface area contributed by atoms with Gasteiger partial charge in [0.05, 0.1) is 18.6 Å². The monoisotopic (exact) mass is 334 g/mol. The fourth-order valence-electron chi connectivity index (χ4n) is 3.54. The van der Waals surface area contributed by atoms with Crippen LogP contribution in [0.3, 0.4) is 0 Å². The van der Waals surface area contributed by atoms with Crippen molar-refractivity contribution in [3.8, 4) is 0 Å². The Bertz CT molecular complexity index is 816. The highest BCUT2D eigenvalue weighted by atomic mass is 32.1. The lowest BCUT2D eigenvalue weighted by molar-refractivity contribution is -0.0120. The summed E-state index contributed by atoms with van der Waals surface area (Å²) in [5, 5.41) is 1.88. The van der Waals surface area contributed by atoms with E-state index >= 15 is 0 Å².